The van der Waals surface area contributed by atoms with Crippen molar-refractivity contribution in [3.63, 3.8) is 0 Å². The maximum absolute atomic E-state index is 5.85. The van der Waals surface area contributed by atoms with Crippen molar-refractivity contribution in [2.24, 2.45) is 0 Å². The zero-order valence-corrected chi connectivity index (χ0v) is 11.9. The van der Waals surface area contributed by atoms with Crippen molar-refractivity contribution in [1.29, 1.82) is 0 Å². The Bertz CT molecular complexity index is 499. The number of rotatable bonds is 6. The van der Waals surface area contributed by atoms with Crippen molar-refractivity contribution in [1.82, 2.24) is 0 Å². The molecule has 1 nitrogen and oxygen atoms in total. The molecular formula is C18H22O. The van der Waals surface area contributed by atoms with Gasteiger partial charge in [-0.05, 0) is 43.0 Å². The van der Waals surface area contributed by atoms with Crippen LogP contribution in [0.3, 0.4) is 0 Å². The summed E-state index contributed by atoms with van der Waals surface area (Å²) in [5.74, 6) is 0.967. The molecule has 0 fully saturated rings. The number of ether oxygens (including phenoxy) is 1. The summed E-state index contributed by atoms with van der Waals surface area (Å²) in [5.41, 5.74) is 3.86. The normalized spacial score (nSPS) is 10.4. The zero-order valence-electron chi connectivity index (χ0n) is 11.9. The van der Waals surface area contributed by atoms with Gasteiger partial charge in [-0.1, -0.05) is 55.3 Å². The largest absolute Gasteiger partial charge is 0.489 e. The monoisotopic (exact) mass is 254 g/mol. The summed E-state index contributed by atoms with van der Waals surface area (Å²) >= 11 is 0. The molecule has 0 amide bonds. The molecule has 0 saturated heterocycles. The van der Waals surface area contributed by atoms with E-state index in [0.717, 1.165) is 12.2 Å². The zero-order chi connectivity index (χ0) is 13.5. The summed E-state index contributed by atoms with van der Waals surface area (Å²) in [6.45, 7) is 4.96. The van der Waals surface area contributed by atoms with Crippen molar-refractivity contribution in [2.45, 2.75) is 39.7 Å². The molecule has 0 heterocycles. The highest BCUT2D eigenvalue weighted by atomic mass is 16.5. The van der Waals surface area contributed by atoms with Crippen LogP contribution in [0.4, 0.5) is 0 Å². The number of benzene rings is 2. The molecule has 0 N–H and O–H groups in total. The summed E-state index contributed by atoms with van der Waals surface area (Å²) in [6.07, 6.45) is 3.61. The summed E-state index contributed by atoms with van der Waals surface area (Å²) in [5, 5.41) is 0. The van der Waals surface area contributed by atoms with Crippen molar-refractivity contribution < 1.29 is 4.74 Å². The van der Waals surface area contributed by atoms with Gasteiger partial charge in [-0.25, -0.2) is 0 Å². The second-order valence-electron chi connectivity index (χ2n) is 5.03. The van der Waals surface area contributed by atoms with E-state index in [1.807, 2.05) is 6.07 Å². The molecule has 0 aliphatic heterocycles. The van der Waals surface area contributed by atoms with Gasteiger partial charge in [0, 0.05) is 0 Å². The summed E-state index contributed by atoms with van der Waals surface area (Å²) in [7, 11) is 0. The molecule has 0 aliphatic rings. The van der Waals surface area contributed by atoms with Crippen molar-refractivity contribution >= 4 is 0 Å². The Balaban J connectivity index is 1.93. The van der Waals surface area contributed by atoms with Gasteiger partial charge in [-0.2, -0.15) is 0 Å². The molecule has 0 aliphatic carbocycles. The third kappa shape index (κ3) is 4.44. The Kier molecular flexibility index (Phi) is 5.02. The maximum Gasteiger partial charge on any atom is 0.120 e. The second kappa shape index (κ2) is 6.98. The van der Waals surface area contributed by atoms with Gasteiger partial charge in [0.05, 0.1) is 0 Å². The summed E-state index contributed by atoms with van der Waals surface area (Å²) in [6, 6.07) is 16.9. The van der Waals surface area contributed by atoms with Crippen LogP contribution in [0.5, 0.6) is 5.75 Å². The minimum Gasteiger partial charge on any atom is -0.489 e. The van der Waals surface area contributed by atoms with Gasteiger partial charge in [0.1, 0.15) is 12.4 Å². The van der Waals surface area contributed by atoms with Gasteiger partial charge < -0.3 is 4.74 Å². The highest BCUT2D eigenvalue weighted by Crippen LogP contribution is 2.17. The van der Waals surface area contributed by atoms with Crippen LogP contribution in [0.25, 0.3) is 0 Å². The second-order valence-corrected chi connectivity index (χ2v) is 5.03. The molecule has 0 aromatic heterocycles. The van der Waals surface area contributed by atoms with E-state index in [1.165, 1.54) is 29.5 Å². The average Bonchev–Trinajstić information content (AvgIpc) is 2.45. The van der Waals surface area contributed by atoms with Crippen molar-refractivity contribution in [2.75, 3.05) is 0 Å². The Morgan fingerprint density at radius 3 is 2.47 bits per heavy atom. The van der Waals surface area contributed by atoms with E-state index in [9.17, 15) is 0 Å². The Hall–Kier alpha value is -1.76. The first kappa shape index (κ1) is 13.7. The minimum absolute atomic E-state index is 0.636. The Morgan fingerprint density at radius 2 is 1.74 bits per heavy atom. The average molecular weight is 254 g/mol. The molecule has 0 unspecified atom stereocenters. The van der Waals surface area contributed by atoms with Crippen LogP contribution in [-0.4, -0.2) is 0 Å². The van der Waals surface area contributed by atoms with Crippen molar-refractivity contribution in [3.8, 4) is 5.75 Å². The lowest BCUT2D eigenvalue weighted by Crippen LogP contribution is -1.96. The molecule has 19 heavy (non-hydrogen) atoms. The molecule has 2 rings (SSSR count). The SMILES string of the molecule is CCCCc1cccc(OCc2ccc(C)cc2)c1. The van der Waals surface area contributed by atoms with Gasteiger partial charge in [0.15, 0.2) is 0 Å². The molecule has 0 bridgehead atoms. The van der Waals surface area contributed by atoms with E-state index in [2.05, 4.69) is 56.3 Å². The summed E-state index contributed by atoms with van der Waals surface area (Å²) in [4.78, 5) is 0. The van der Waals surface area contributed by atoms with Gasteiger partial charge in [-0.15, -0.1) is 0 Å². The van der Waals surface area contributed by atoms with Gasteiger partial charge >= 0.3 is 0 Å². The molecule has 2 aromatic rings. The predicted octanol–water partition coefficient (Wildman–Crippen LogP) is 4.92. The van der Waals surface area contributed by atoms with Gasteiger partial charge in [0.2, 0.25) is 0 Å². The fourth-order valence-corrected chi connectivity index (χ4v) is 2.02. The minimum atomic E-state index is 0.636. The first-order valence-electron chi connectivity index (χ1n) is 7.05. The fraction of sp³-hybridized carbons (Fsp3) is 0.333. The molecule has 0 radical (unpaired) electrons. The first-order valence-corrected chi connectivity index (χ1v) is 7.05. The highest BCUT2D eigenvalue weighted by Gasteiger charge is 1.98. The van der Waals surface area contributed by atoms with E-state index in [0.29, 0.717) is 6.61 Å². The Morgan fingerprint density at radius 1 is 0.947 bits per heavy atom. The fourth-order valence-electron chi connectivity index (χ4n) is 2.02. The Labute approximate surface area is 116 Å². The molecule has 0 spiro atoms. The summed E-state index contributed by atoms with van der Waals surface area (Å²) < 4.78 is 5.85. The van der Waals surface area contributed by atoms with Crippen LogP contribution in [0.15, 0.2) is 48.5 Å². The number of unbranched alkanes of at least 4 members (excludes halogenated alkanes) is 1. The quantitative estimate of drug-likeness (QED) is 0.711. The van der Waals surface area contributed by atoms with Gasteiger partial charge in [-0.3, -0.25) is 0 Å². The number of hydrogen-bond acceptors (Lipinski definition) is 1. The van der Waals surface area contributed by atoms with Crippen LogP contribution in [-0.2, 0) is 13.0 Å². The van der Waals surface area contributed by atoms with Crippen molar-refractivity contribution in [3.05, 3.63) is 65.2 Å². The molecule has 1 heteroatoms. The molecule has 0 atom stereocenters. The van der Waals surface area contributed by atoms with E-state index < -0.39 is 0 Å². The van der Waals surface area contributed by atoms with Crippen LogP contribution < -0.4 is 4.74 Å². The maximum atomic E-state index is 5.85. The molecule has 100 valence electrons. The van der Waals surface area contributed by atoms with Crippen LogP contribution in [0.2, 0.25) is 0 Å². The molecular weight excluding hydrogens is 232 g/mol. The van der Waals surface area contributed by atoms with E-state index >= 15 is 0 Å². The van der Waals surface area contributed by atoms with E-state index in [-0.39, 0.29) is 0 Å². The third-order valence-electron chi connectivity index (χ3n) is 3.24. The van der Waals surface area contributed by atoms with E-state index in [4.69, 9.17) is 4.74 Å². The van der Waals surface area contributed by atoms with Crippen LogP contribution in [0.1, 0.15) is 36.5 Å². The van der Waals surface area contributed by atoms with Gasteiger partial charge in [0.25, 0.3) is 0 Å². The smallest absolute Gasteiger partial charge is 0.120 e. The lowest BCUT2D eigenvalue weighted by molar-refractivity contribution is 0.306. The highest BCUT2D eigenvalue weighted by molar-refractivity contribution is 5.29. The lowest BCUT2D eigenvalue weighted by atomic mass is 10.1. The predicted molar refractivity (Wildman–Crippen MR) is 80.6 cm³/mol. The topological polar surface area (TPSA) is 9.23 Å². The standard InChI is InChI=1S/C18H22O/c1-3-4-6-16-7-5-8-18(13-16)19-14-17-11-9-15(2)10-12-17/h5,7-13H,3-4,6,14H2,1-2H3. The molecule has 0 saturated carbocycles. The number of hydrogen-bond donors (Lipinski definition) is 0. The lowest BCUT2D eigenvalue weighted by Gasteiger charge is -2.08. The van der Waals surface area contributed by atoms with Crippen LogP contribution in [0, 0.1) is 6.92 Å². The van der Waals surface area contributed by atoms with Crippen LogP contribution >= 0.6 is 0 Å². The molecule has 2 aromatic carbocycles. The van der Waals surface area contributed by atoms with E-state index in [1.54, 1.807) is 0 Å². The number of aryl methyl sites for hydroxylation is 2. The first-order chi connectivity index (χ1) is 9.28. The third-order valence-corrected chi connectivity index (χ3v) is 3.24.